The predicted octanol–water partition coefficient (Wildman–Crippen LogP) is 2.35. The molecular weight excluding hydrogens is 266 g/mol. The van der Waals surface area contributed by atoms with E-state index in [0.717, 1.165) is 17.1 Å². The lowest BCUT2D eigenvalue weighted by atomic mass is 10.1. The number of nitrogens with zero attached hydrogens (tertiary/aromatic N) is 3. The Balaban J connectivity index is 2.14. The Bertz CT molecular complexity index is 671. The molecule has 0 saturated carbocycles. The number of anilines is 1. The molecule has 0 spiro atoms. The van der Waals surface area contributed by atoms with Crippen LogP contribution in [0.4, 0.5) is 11.6 Å². The highest BCUT2D eigenvalue weighted by molar-refractivity contribution is 5.96. The van der Waals surface area contributed by atoms with Crippen molar-refractivity contribution in [1.82, 2.24) is 9.97 Å². The van der Waals surface area contributed by atoms with E-state index in [0.29, 0.717) is 11.5 Å². The number of hydrogen-bond donors (Lipinski definition) is 2. The molecule has 1 aromatic carbocycles. The molecule has 6 heteroatoms. The summed E-state index contributed by atoms with van der Waals surface area (Å²) in [5.74, 6) is 0.528. The Morgan fingerprint density at radius 3 is 2.24 bits per heavy atom. The number of aryl methyl sites for hydroxylation is 2. The third-order valence-corrected chi connectivity index (χ3v) is 2.75. The van der Waals surface area contributed by atoms with Gasteiger partial charge in [-0.25, -0.2) is 9.97 Å². The van der Waals surface area contributed by atoms with E-state index in [1.165, 1.54) is 6.92 Å². The summed E-state index contributed by atoms with van der Waals surface area (Å²) in [6, 6.07) is 8.85. The maximum Gasteiger partial charge on any atom is 0.253 e. The van der Waals surface area contributed by atoms with Gasteiger partial charge in [0.25, 0.3) is 5.95 Å². The molecular formula is C15H17N5O. The first-order valence-corrected chi connectivity index (χ1v) is 6.48. The number of rotatable bonds is 3. The van der Waals surface area contributed by atoms with Gasteiger partial charge in [-0.2, -0.15) is 4.99 Å². The van der Waals surface area contributed by atoms with Crippen molar-refractivity contribution >= 4 is 23.4 Å². The Labute approximate surface area is 123 Å². The fraction of sp³-hybridized carbons (Fsp3) is 0.200. The van der Waals surface area contributed by atoms with Gasteiger partial charge >= 0.3 is 0 Å². The molecule has 0 fully saturated rings. The number of aliphatic imine (C=N–C) groups is 1. The Morgan fingerprint density at radius 1 is 1.14 bits per heavy atom. The van der Waals surface area contributed by atoms with Crippen molar-refractivity contribution in [2.75, 3.05) is 5.32 Å². The van der Waals surface area contributed by atoms with E-state index in [1.807, 2.05) is 19.9 Å². The molecule has 21 heavy (non-hydrogen) atoms. The lowest BCUT2D eigenvalue weighted by molar-refractivity contribution is 0.101. The van der Waals surface area contributed by atoms with Crippen LogP contribution in [0.25, 0.3) is 0 Å². The van der Waals surface area contributed by atoms with Crippen molar-refractivity contribution in [2.24, 2.45) is 10.7 Å². The second-order valence-corrected chi connectivity index (χ2v) is 4.71. The molecule has 0 aliphatic heterocycles. The molecule has 0 bridgehead atoms. The normalized spacial score (nSPS) is 11.3. The van der Waals surface area contributed by atoms with Crippen LogP contribution in [-0.4, -0.2) is 21.7 Å². The molecule has 0 aliphatic rings. The standard InChI is InChI=1S/C15H17N5O/c1-9-8-10(2)18-15(17-9)20-14(16)19-13-6-4-12(5-7-13)11(3)21/h4-8H,1-3H3,(H3,16,17,18,19,20). The zero-order chi connectivity index (χ0) is 15.4. The second-order valence-electron chi connectivity index (χ2n) is 4.71. The van der Waals surface area contributed by atoms with E-state index >= 15 is 0 Å². The van der Waals surface area contributed by atoms with Crippen molar-refractivity contribution < 1.29 is 4.79 Å². The summed E-state index contributed by atoms with van der Waals surface area (Å²) in [6.07, 6.45) is 0. The summed E-state index contributed by atoms with van der Waals surface area (Å²) >= 11 is 0. The summed E-state index contributed by atoms with van der Waals surface area (Å²) in [7, 11) is 0. The fourth-order valence-electron chi connectivity index (χ4n) is 1.83. The number of nitrogens with two attached hydrogens (primary N) is 1. The quantitative estimate of drug-likeness (QED) is 0.512. The largest absolute Gasteiger partial charge is 0.369 e. The average molecular weight is 283 g/mol. The number of benzene rings is 1. The Morgan fingerprint density at radius 2 is 1.71 bits per heavy atom. The van der Waals surface area contributed by atoms with Crippen LogP contribution in [0.5, 0.6) is 0 Å². The fourth-order valence-corrected chi connectivity index (χ4v) is 1.83. The van der Waals surface area contributed by atoms with Gasteiger partial charge in [-0.1, -0.05) is 0 Å². The van der Waals surface area contributed by atoms with E-state index in [4.69, 9.17) is 5.73 Å². The van der Waals surface area contributed by atoms with Crippen molar-refractivity contribution in [3.05, 3.63) is 47.3 Å². The first-order chi connectivity index (χ1) is 9.94. The molecule has 0 amide bonds. The SMILES string of the molecule is CC(=O)c1ccc(NC(N)=Nc2nc(C)cc(C)n2)cc1. The molecule has 108 valence electrons. The smallest absolute Gasteiger partial charge is 0.253 e. The van der Waals surface area contributed by atoms with Crippen LogP contribution in [0, 0.1) is 13.8 Å². The highest BCUT2D eigenvalue weighted by atomic mass is 16.1. The number of guanidine groups is 1. The summed E-state index contributed by atoms with van der Waals surface area (Å²) in [4.78, 5) is 23.7. The van der Waals surface area contributed by atoms with Gasteiger partial charge in [-0.05, 0) is 51.1 Å². The Hall–Kier alpha value is -2.76. The molecule has 0 unspecified atom stereocenters. The van der Waals surface area contributed by atoms with Crippen molar-refractivity contribution in [3.63, 3.8) is 0 Å². The minimum atomic E-state index is 0.0202. The minimum absolute atomic E-state index is 0.0202. The number of aromatic nitrogens is 2. The summed E-state index contributed by atoms with van der Waals surface area (Å²) in [6.45, 7) is 5.27. The van der Waals surface area contributed by atoms with Gasteiger partial charge < -0.3 is 11.1 Å². The lowest BCUT2D eigenvalue weighted by Crippen LogP contribution is -2.22. The number of carbonyl (C=O) groups excluding carboxylic acids is 1. The molecule has 0 saturated heterocycles. The van der Waals surface area contributed by atoms with Crippen LogP contribution in [-0.2, 0) is 0 Å². The average Bonchev–Trinajstić information content (AvgIpc) is 2.37. The molecule has 6 nitrogen and oxygen atoms in total. The highest BCUT2D eigenvalue weighted by Crippen LogP contribution is 2.11. The van der Waals surface area contributed by atoms with Gasteiger partial charge in [-0.15, -0.1) is 0 Å². The molecule has 2 aromatic rings. The van der Waals surface area contributed by atoms with Crippen molar-refractivity contribution in [1.29, 1.82) is 0 Å². The van der Waals surface area contributed by atoms with Gasteiger partial charge in [0, 0.05) is 22.6 Å². The van der Waals surface area contributed by atoms with Crippen molar-refractivity contribution in [2.45, 2.75) is 20.8 Å². The summed E-state index contributed by atoms with van der Waals surface area (Å²) < 4.78 is 0. The van der Waals surface area contributed by atoms with E-state index in [9.17, 15) is 4.79 Å². The summed E-state index contributed by atoms with van der Waals surface area (Å²) in [5.41, 5.74) is 8.88. The van der Waals surface area contributed by atoms with E-state index in [-0.39, 0.29) is 11.7 Å². The molecule has 2 rings (SSSR count). The number of nitrogens with one attached hydrogen (secondary N) is 1. The predicted molar refractivity (Wildman–Crippen MR) is 82.9 cm³/mol. The van der Waals surface area contributed by atoms with E-state index in [2.05, 4.69) is 20.3 Å². The van der Waals surface area contributed by atoms with Gasteiger partial charge in [-0.3, -0.25) is 4.79 Å². The van der Waals surface area contributed by atoms with Crippen LogP contribution in [0.2, 0.25) is 0 Å². The Kier molecular flexibility index (Phi) is 4.27. The van der Waals surface area contributed by atoms with Crippen LogP contribution in [0.1, 0.15) is 28.7 Å². The van der Waals surface area contributed by atoms with Gasteiger partial charge in [0.1, 0.15) is 0 Å². The van der Waals surface area contributed by atoms with Crippen LogP contribution >= 0.6 is 0 Å². The third-order valence-electron chi connectivity index (χ3n) is 2.75. The first-order valence-electron chi connectivity index (χ1n) is 6.48. The van der Waals surface area contributed by atoms with E-state index in [1.54, 1.807) is 24.3 Å². The molecule has 0 aliphatic carbocycles. The maximum atomic E-state index is 11.2. The minimum Gasteiger partial charge on any atom is -0.369 e. The van der Waals surface area contributed by atoms with E-state index < -0.39 is 0 Å². The summed E-state index contributed by atoms with van der Waals surface area (Å²) in [5, 5.41) is 2.93. The maximum absolute atomic E-state index is 11.2. The van der Waals surface area contributed by atoms with Crippen LogP contribution < -0.4 is 11.1 Å². The van der Waals surface area contributed by atoms with Gasteiger partial charge in [0.2, 0.25) is 5.96 Å². The van der Waals surface area contributed by atoms with Gasteiger partial charge in [0.15, 0.2) is 5.78 Å². The zero-order valence-electron chi connectivity index (χ0n) is 12.2. The van der Waals surface area contributed by atoms with Crippen molar-refractivity contribution in [3.8, 4) is 0 Å². The van der Waals surface area contributed by atoms with Crippen LogP contribution in [0.3, 0.4) is 0 Å². The second kappa shape index (κ2) is 6.13. The number of hydrogen-bond acceptors (Lipinski definition) is 4. The highest BCUT2D eigenvalue weighted by Gasteiger charge is 2.02. The third kappa shape index (κ3) is 4.10. The molecule has 0 radical (unpaired) electrons. The lowest BCUT2D eigenvalue weighted by Gasteiger charge is -2.06. The van der Waals surface area contributed by atoms with Crippen LogP contribution in [0.15, 0.2) is 35.3 Å². The monoisotopic (exact) mass is 283 g/mol. The molecule has 0 atom stereocenters. The molecule has 1 aromatic heterocycles. The zero-order valence-corrected chi connectivity index (χ0v) is 12.2. The molecule has 3 N–H and O–H groups in total. The number of Topliss-reactive ketones (excluding diaryl/α,β-unsaturated/α-hetero) is 1. The number of carbonyl (C=O) groups is 1. The number of ketones is 1. The van der Waals surface area contributed by atoms with Gasteiger partial charge in [0.05, 0.1) is 0 Å². The topological polar surface area (TPSA) is 93.3 Å². The molecule has 1 heterocycles. The first kappa shape index (κ1) is 14.6.